The highest BCUT2D eigenvalue weighted by Crippen LogP contribution is 2.14. The second kappa shape index (κ2) is 6.81. The second-order valence-corrected chi connectivity index (χ2v) is 5.01. The molecule has 1 fully saturated rings. The van der Waals surface area contributed by atoms with Crippen LogP contribution in [-0.4, -0.2) is 31.4 Å². The average Bonchev–Trinajstić information content (AvgIpc) is 2.27. The van der Waals surface area contributed by atoms with Crippen molar-refractivity contribution in [2.75, 3.05) is 19.6 Å². The van der Waals surface area contributed by atoms with Crippen LogP contribution < -0.4 is 16.4 Å². The van der Waals surface area contributed by atoms with E-state index in [0.717, 1.165) is 25.9 Å². The van der Waals surface area contributed by atoms with Crippen molar-refractivity contribution in [3.63, 3.8) is 0 Å². The number of carbonyl (C=O) groups excluding carboxylic acids is 2. The number of primary amides is 1. The first kappa shape index (κ1) is 16.2. The molecule has 0 spiro atoms. The summed E-state index contributed by atoms with van der Waals surface area (Å²) in [5.74, 6) is -0.353. The molecule has 100 valence electrons. The van der Waals surface area contributed by atoms with Crippen molar-refractivity contribution in [3.8, 4) is 0 Å². The average molecular weight is 264 g/mol. The van der Waals surface area contributed by atoms with Gasteiger partial charge in [0, 0.05) is 13.1 Å². The first-order valence-electron chi connectivity index (χ1n) is 5.72. The maximum Gasteiger partial charge on any atom is 0.224 e. The van der Waals surface area contributed by atoms with Crippen LogP contribution in [0.5, 0.6) is 0 Å². The molecule has 0 aromatic carbocycles. The molecule has 6 heteroatoms. The van der Waals surface area contributed by atoms with E-state index in [1.54, 1.807) is 13.8 Å². The van der Waals surface area contributed by atoms with Gasteiger partial charge in [0.2, 0.25) is 11.8 Å². The molecule has 0 aromatic rings. The van der Waals surface area contributed by atoms with Crippen molar-refractivity contribution in [2.45, 2.75) is 26.7 Å². The molecule has 1 atom stereocenters. The van der Waals surface area contributed by atoms with Crippen molar-refractivity contribution in [2.24, 2.45) is 17.1 Å². The van der Waals surface area contributed by atoms with E-state index in [1.165, 1.54) is 0 Å². The summed E-state index contributed by atoms with van der Waals surface area (Å²) < 4.78 is 0. The van der Waals surface area contributed by atoms with Crippen molar-refractivity contribution in [3.05, 3.63) is 0 Å². The molecule has 2 amide bonds. The summed E-state index contributed by atoms with van der Waals surface area (Å²) in [5.41, 5.74) is 4.55. The van der Waals surface area contributed by atoms with Crippen LogP contribution in [0.3, 0.4) is 0 Å². The first-order valence-corrected chi connectivity index (χ1v) is 5.72. The van der Waals surface area contributed by atoms with Crippen LogP contribution in [0, 0.1) is 11.3 Å². The Labute approximate surface area is 108 Å². The highest BCUT2D eigenvalue weighted by Gasteiger charge is 2.27. The zero-order valence-electron chi connectivity index (χ0n) is 10.4. The Balaban J connectivity index is 0.00000256. The van der Waals surface area contributed by atoms with Crippen LogP contribution in [0.25, 0.3) is 0 Å². The lowest BCUT2D eigenvalue weighted by molar-refractivity contribution is -0.128. The van der Waals surface area contributed by atoms with Crippen molar-refractivity contribution in [1.29, 1.82) is 0 Å². The van der Waals surface area contributed by atoms with Gasteiger partial charge in [0.05, 0.1) is 11.3 Å². The predicted molar refractivity (Wildman–Crippen MR) is 68.8 cm³/mol. The molecule has 17 heavy (non-hydrogen) atoms. The molecule has 5 nitrogen and oxygen atoms in total. The number of rotatable bonds is 4. The van der Waals surface area contributed by atoms with Crippen LogP contribution in [-0.2, 0) is 9.59 Å². The second-order valence-electron chi connectivity index (χ2n) is 5.01. The van der Waals surface area contributed by atoms with Crippen LogP contribution in [0.15, 0.2) is 0 Å². The van der Waals surface area contributed by atoms with Crippen LogP contribution >= 0.6 is 12.4 Å². The largest absolute Gasteiger partial charge is 0.369 e. The van der Waals surface area contributed by atoms with E-state index in [2.05, 4.69) is 10.6 Å². The third-order valence-corrected chi connectivity index (χ3v) is 3.04. The maximum absolute atomic E-state index is 11.8. The topological polar surface area (TPSA) is 84.2 Å². The Hall–Kier alpha value is -0.810. The minimum Gasteiger partial charge on any atom is -0.369 e. The van der Waals surface area contributed by atoms with Gasteiger partial charge in [0.25, 0.3) is 0 Å². The van der Waals surface area contributed by atoms with Gasteiger partial charge in [-0.05, 0) is 33.2 Å². The Bertz CT molecular complexity index is 276. The molecule has 0 saturated carbocycles. The Morgan fingerprint density at radius 1 is 1.47 bits per heavy atom. The number of halogens is 1. The van der Waals surface area contributed by atoms with Crippen LogP contribution in [0.4, 0.5) is 0 Å². The number of hydrogen-bond acceptors (Lipinski definition) is 3. The van der Waals surface area contributed by atoms with Gasteiger partial charge in [0.1, 0.15) is 0 Å². The number of amides is 2. The third-order valence-electron chi connectivity index (χ3n) is 3.04. The van der Waals surface area contributed by atoms with Gasteiger partial charge in [-0.2, -0.15) is 0 Å². The van der Waals surface area contributed by atoms with E-state index in [4.69, 9.17) is 5.73 Å². The zero-order valence-corrected chi connectivity index (χ0v) is 11.2. The Morgan fingerprint density at radius 3 is 2.59 bits per heavy atom. The Morgan fingerprint density at radius 2 is 2.12 bits per heavy atom. The van der Waals surface area contributed by atoms with Crippen molar-refractivity contribution < 1.29 is 9.59 Å². The number of nitrogens with one attached hydrogen (secondary N) is 2. The normalized spacial score (nSPS) is 20.2. The summed E-state index contributed by atoms with van der Waals surface area (Å²) in [4.78, 5) is 22.8. The lowest BCUT2D eigenvalue weighted by atomic mass is 9.92. The standard InChI is InChI=1S/C11H21N3O2.ClH/c1-11(2,10(12)16)7-14-9(15)8-4-3-5-13-6-8;/h8,13H,3-7H2,1-2H3,(H2,12,16)(H,14,15);1H. The summed E-state index contributed by atoms with van der Waals surface area (Å²) >= 11 is 0. The monoisotopic (exact) mass is 263 g/mol. The zero-order chi connectivity index (χ0) is 12.2. The summed E-state index contributed by atoms with van der Waals surface area (Å²) in [6.07, 6.45) is 1.94. The van der Waals surface area contributed by atoms with Crippen molar-refractivity contribution in [1.82, 2.24) is 10.6 Å². The Kier molecular flexibility index (Phi) is 6.49. The van der Waals surface area contributed by atoms with E-state index in [0.29, 0.717) is 6.54 Å². The van der Waals surface area contributed by atoms with Gasteiger partial charge >= 0.3 is 0 Å². The quantitative estimate of drug-likeness (QED) is 0.669. The summed E-state index contributed by atoms with van der Waals surface area (Å²) in [6.45, 7) is 5.47. The number of carbonyl (C=O) groups is 2. The fourth-order valence-electron chi connectivity index (χ4n) is 1.62. The predicted octanol–water partition coefficient (Wildman–Crippen LogP) is 0.0355. The molecule has 0 bridgehead atoms. The molecule has 0 radical (unpaired) electrons. The van der Waals surface area contributed by atoms with Gasteiger partial charge in [-0.25, -0.2) is 0 Å². The fourth-order valence-corrected chi connectivity index (χ4v) is 1.62. The van der Waals surface area contributed by atoms with Gasteiger partial charge in [0.15, 0.2) is 0 Å². The molecule has 4 N–H and O–H groups in total. The van der Waals surface area contributed by atoms with Crippen LogP contribution in [0.2, 0.25) is 0 Å². The summed E-state index contributed by atoms with van der Waals surface area (Å²) in [5, 5.41) is 5.98. The number of piperidine rings is 1. The third kappa shape index (κ3) is 4.91. The minimum atomic E-state index is -0.683. The molecule has 1 aliphatic heterocycles. The minimum absolute atomic E-state index is 0. The van der Waals surface area contributed by atoms with E-state index < -0.39 is 11.3 Å². The van der Waals surface area contributed by atoms with E-state index in [1.807, 2.05) is 0 Å². The molecule has 1 unspecified atom stereocenters. The number of nitrogens with two attached hydrogens (primary N) is 1. The number of hydrogen-bond donors (Lipinski definition) is 3. The summed E-state index contributed by atoms with van der Waals surface area (Å²) in [6, 6.07) is 0. The molecule has 1 rings (SSSR count). The summed E-state index contributed by atoms with van der Waals surface area (Å²) in [7, 11) is 0. The lowest BCUT2D eigenvalue weighted by Gasteiger charge is -2.25. The van der Waals surface area contributed by atoms with Gasteiger partial charge in [-0.1, -0.05) is 0 Å². The van der Waals surface area contributed by atoms with E-state index >= 15 is 0 Å². The maximum atomic E-state index is 11.8. The molecule has 0 aromatic heterocycles. The molecule has 1 saturated heterocycles. The van der Waals surface area contributed by atoms with Gasteiger partial charge in [-0.3, -0.25) is 9.59 Å². The van der Waals surface area contributed by atoms with Crippen molar-refractivity contribution >= 4 is 24.2 Å². The highest BCUT2D eigenvalue weighted by molar-refractivity contribution is 5.85. The van der Waals surface area contributed by atoms with E-state index in [-0.39, 0.29) is 24.2 Å². The van der Waals surface area contributed by atoms with Gasteiger partial charge < -0.3 is 16.4 Å². The fraction of sp³-hybridized carbons (Fsp3) is 0.818. The smallest absolute Gasteiger partial charge is 0.224 e. The molecule has 1 heterocycles. The molecular weight excluding hydrogens is 242 g/mol. The van der Waals surface area contributed by atoms with Gasteiger partial charge in [-0.15, -0.1) is 12.4 Å². The lowest BCUT2D eigenvalue weighted by Crippen LogP contribution is -2.46. The molecule has 1 aliphatic rings. The van der Waals surface area contributed by atoms with E-state index in [9.17, 15) is 9.59 Å². The first-order chi connectivity index (χ1) is 7.43. The molecular formula is C11H22ClN3O2. The van der Waals surface area contributed by atoms with Crippen LogP contribution in [0.1, 0.15) is 26.7 Å². The highest BCUT2D eigenvalue weighted by atomic mass is 35.5. The SMILES string of the molecule is CC(C)(CNC(=O)C1CCCNC1)C(N)=O.Cl. The molecule has 0 aliphatic carbocycles.